The Balaban J connectivity index is 1.28. The molecule has 64 heavy (non-hydrogen) atoms. The molecule has 7 aromatic rings. The molecule has 9 rings (SSSR count). The van der Waals surface area contributed by atoms with Crippen LogP contribution in [0.1, 0.15) is 70.9 Å². The largest absolute Gasteiger partial charge is 0.792 e. The summed E-state index contributed by atoms with van der Waals surface area (Å²) in [5, 5.41) is -0.295. The van der Waals surface area contributed by atoms with E-state index in [1.165, 1.54) is 30.3 Å². The van der Waals surface area contributed by atoms with Gasteiger partial charge in [-0.05, 0) is 111 Å². The number of rotatable bonds is 7. The molecule has 0 unspecified atom stereocenters. The van der Waals surface area contributed by atoms with Crippen LogP contribution >= 0.6 is 0 Å². The summed E-state index contributed by atoms with van der Waals surface area (Å²) in [6.07, 6.45) is 2.98. The summed E-state index contributed by atoms with van der Waals surface area (Å²) in [6, 6.07) is 19.7. The van der Waals surface area contributed by atoms with Crippen molar-refractivity contribution in [2.24, 2.45) is 0 Å². The molecular weight excluding hydrogens is 830 g/mol. The average molecular weight is 866 g/mol. The van der Waals surface area contributed by atoms with Crippen molar-refractivity contribution in [1.29, 1.82) is 0 Å². The number of aromatic nitrogens is 1. The minimum absolute atomic E-state index is 0.0123. The number of para-hydroxylation sites is 1. The maximum absolute atomic E-state index is 17.2. The van der Waals surface area contributed by atoms with Crippen LogP contribution in [0.2, 0.25) is 0 Å². The van der Waals surface area contributed by atoms with Gasteiger partial charge in [0.1, 0.15) is 17.3 Å². The minimum Gasteiger partial charge on any atom is -0.354 e. The maximum Gasteiger partial charge on any atom is 0.792 e. The Kier molecular flexibility index (Phi) is 10.2. The summed E-state index contributed by atoms with van der Waals surface area (Å²) in [4.78, 5) is 31.1. The molecule has 6 aromatic carbocycles. The number of H-pyrrole nitrogens is 1. The number of allylic oxidation sites excluding steroid dienone is 2. The summed E-state index contributed by atoms with van der Waals surface area (Å²) < 4.78 is 115. The third-order valence-corrected chi connectivity index (χ3v) is 12.0. The molecule has 0 spiro atoms. The number of hydrogen-bond acceptors (Lipinski definition) is 2. The molecule has 2 aliphatic heterocycles. The van der Waals surface area contributed by atoms with Gasteiger partial charge in [0.25, 0.3) is 11.8 Å². The molecule has 1 N–H and O–H groups in total. The fraction of sp³-hybridized carbons (Fsp3) is 0.118. The minimum atomic E-state index is -1.82. The first-order valence-electron chi connectivity index (χ1n) is 20.2. The van der Waals surface area contributed by atoms with E-state index in [2.05, 4.69) is 4.98 Å². The summed E-state index contributed by atoms with van der Waals surface area (Å²) in [7, 11) is 0.220. The highest BCUT2D eigenvalue weighted by Crippen LogP contribution is 2.44. The Labute approximate surface area is 363 Å². The zero-order valence-corrected chi connectivity index (χ0v) is 35.2. The van der Waals surface area contributed by atoms with Gasteiger partial charge in [-0.3, -0.25) is 9.59 Å². The van der Waals surface area contributed by atoms with Crippen LogP contribution in [-0.2, 0) is 0 Å². The molecule has 2 amide bonds. The van der Waals surface area contributed by atoms with Gasteiger partial charge >= 0.3 is 7.69 Å². The molecule has 1 aromatic heterocycles. The molecule has 0 bridgehead atoms. The van der Waals surface area contributed by atoms with Gasteiger partial charge in [-0.2, -0.15) is 0 Å². The van der Waals surface area contributed by atoms with Gasteiger partial charge in [0.05, 0.1) is 22.4 Å². The van der Waals surface area contributed by atoms with Crippen molar-refractivity contribution >= 4 is 47.3 Å². The third kappa shape index (κ3) is 6.35. The molecule has 0 saturated carbocycles. The van der Waals surface area contributed by atoms with Crippen LogP contribution in [0, 0.1) is 76.4 Å². The highest BCUT2D eigenvalue weighted by atomic mass is 19.2. The van der Waals surface area contributed by atoms with Gasteiger partial charge in [-0.1, -0.05) is 59.7 Å². The molecular formula is C51H35BF7N3O2+. The number of anilines is 1. The van der Waals surface area contributed by atoms with Crippen molar-refractivity contribution in [3.63, 3.8) is 0 Å². The first-order chi connectivity index (χ1) is 30.5. The Morgan fingerprint density at radius 1 is 0.594 bits per heavy atom. The van der Waals surface area contributed by atoms with E-state index in [0.717, 1.165) is 73.8 Å². The number of imide groups is 1. The molecule has 0 fully saturated rings. The van der Waals surface area contributed by atoms with Crippen LogP contribution in [-0.4, -0.2) is 34.7 Å². The van der Waals surface area contributed by atoms with Crippen LogP contribution in [0.3, 0.4) is 0 Å². The standard InChI is InChI=1S/C51H35BF7N3O2/c1-23-19-25(3)39(26(4)20-23)35-15-16-36(60-35)43(38-18-17-37(62(38)52-59)40-27(5)21-24(2)22-28(40)6)44-47(57)45(55)42(46(56)48(44)58)30-13-14-32-41-29(30)9-7-10-31(41)50(63)61(51(32)64)49-33(53)11-8-12-34(49)54/h7-22,60H,1-6H3/q+1. The lowest BCUT2D eigenvalue weighted by molar-refractivity contribution is -0.317. The smallest absolute Gasteiger partial charge is 0.354 e. The predicted molar refractivity (Wildman–Crippen MR) is 234 cm³/mol. The number of aryl methyl sites for hydroxylation is 6. The normalized spacial score (nSPS) is 14.4. The Bertz CT molecular complexity index is 3230. The van der Waals surface area contributed by atoms with E-state index in [0.29, 0.717) is 21.9 Å². The van der Waals surface area contributed by atoms with Crippen molar-refractivity contribution in [1.82, 2.24) is 4.98 Å². The van der Waals surface area contributed by atoms with E-state index in [9.17, 15) is 18.4 Å². The number of halogens is 7. The lowest BCUT2D eigenvalue weighted by Gasteiger charge is -2.28. The second kappa shape index (κ2) is 15.5. The SMILES string of the molecule is Cc1cc(C)c(C2=[N+]([B]F)/C(=C(\c3ccc(-c4c(C)cc(C)cc4C)[nH]3)c3c(F)c(F)c(-c4ccc5c6c(cccc46)C(=O)N(c4c(F)cccc4F)C5=O)c(F)c3F)C=C2)c(C)c1. The second-order valence-corrected chi connectivity index (χ2v) is 16.2. The lowest BCUT2D eigenvalue weighted by atomic mass is 9.87. The molecule has 13 heteroatoms. The van der Waals surface area contributed by atoms with E-state index in [1.807, 2.05) is 65.8 Å². The summed E-state index contributed by atoms with van der Waals surface area (Å²) in [5.74, 6) is -11.9. The number of hydrogen-bond donors (Lipinski definition) is 1. The van der Waals surface area contributed by atoms with Crippen molar-refractivity contribution in [2.45, 2.75) is 41.5 Å². The molecule has 2 aliphatic rings. The summed E-state index contributed by atoms with van der Waals surface area (Å²) >= 11 is 0. The highest BCUT2D eigenvalue weighted by molar-refractivity contribution is 6.36. The van der Waals surface area contributed by atoms with Crippen LogP contribution in [0.25, 0.3) is 38.7 Å². The van der Waals surface area contributed by atoms with Gasteiger partial charge in [0, 0.05) is 45.5 Å². The van der Waals surface area contributed by atoms with E-state index < -0.39 is 74.7 Å². The number of amides is 2. The highest BCUT2D eigenvalue weighted by Gasteiger charge is 2.40. The fourth-order valence-electron chi connectivity index (χ4n) is 9.54. The molecule has 3 heterocycles. The second-order valence-electron chi connectivity index (χ2n) is 16.2. The zero-order chi connectivity index (χ0) is 45.6. The third-order valence-electron chi connectivity index (χ3n) is 12.0. The quantitative estimate of drug-likeness (QED) is 0.0751. The number of aromatic amines is 1. The monoisotopic (exact) mass is 865 g/mol. The summed E-state index contributed by atoms with van der Waals surface area (Å²) in [6.45, 7) is 11.3. The number of benzene rings is 6. The lowest BCUT2D eigenvalue weighted by Crippen LogP contribution is -2.41. The zero-order valence-electron chi connectivity index (χ0n) is 35.2. The van der Waals surface area contributed by atoms with Gasteiger partial charge in [0.15, 0.2) is 34.7 Å². The first-order valence-corrected chi connectivity index (χ1v) is 20.2. The number of nitrogens with zero attached hydrogens (tertiary/aromatic N) is 2. The van der Waals surface area contributed by atoms with Crippen LogP contribution in [0.15, 0.2) is 103 Å². The Morgan fingerprint density at radius 3 is 1.70 bits per heavy atom. The Morgan fingerprint density at radius 2 is 1.12 bits per heavy atom. The topological polar surface area (TPSA) is 56.2 Å². The van der Waals surface area contributed by atoms with Crippen molar-refractivity contribution in [3.8, 4) is 22.4 Å². The predicted octanol–water partition coefficient (Wildman–Crippen LogP) is 12.3. The van der Waals surface area contributed by atoms with Crippen molar-refractivity contribution in [2.75, 3.05) is 4.90 Å². The molecule has 0 atom stereocenters. The molecule has 5 nitrogen and oxygen atoms in total. The van der Waals surface area contributed by atoms with E-state index >= 15 is 21.9 Å². The van der Waals surface area contributed by atoms with Crippen LogP contribution in [0.4, 0.5) is 36.3 Å². The van der Waals surface area contributed by atoms with Crippen molar-refractivity contribution < 1.29 is 44.7 Å². The van der Waals surface area contributed by atoms with Gasteiger partial charge in [-0.25, -0.2) is 40.0 Å². The van der Waals surface area contributed by atoms with E-state index in [1.54, 1.807) is 12.1 Å². The fourth-order valence-corrected chi connectivity index (χ4v) is 9.54. The number of nitrogens with one attached hydrogen (secondary N) is 1. The van der Waals surface area contributed by atoms with Gasteiger partial charge < -0.3 is 4.98 Å². The summed E-state index contributed by atoms with van der Waals surface area (Å²) in [5.41, 5.74) is 2.90. The molecule has 0 aliphatic carbocycles. The van der Waals surface area contributed by atoms with Crippen molar-refractivity contribution in [3.05, 3.63) is 199 Å². The number of carbonyl (C=O) groups is 2. The average Bonchev–Trinajstić information content (AvgIpc) is 3.89. The van der Waals surface area contributed by atoms with Crippen LogP contribution < -0.4 is 4.90 Å². The van der Waals surface area contributed by atoms with Crippen LogP contribution in [0.5, 0.6) is 0 Å². The molecule has 0 saturated heterocycles. The van der Waals surface area contributed by atoms with E-state index in [-0.39, 0.29) is 41.0 Å². The molecule has 317 valence electrons. The Hall–Kier alpha value is -7.28. The van der Waals surface area contributed by atoms with E-state index in [4.69, 9.17) is 0 Å². The maximum atomic E-state index is 17.2. The van der Waals surface area contributed by atoms with Gasteiger partial charge in [0.2, 0.25) is 0 Å². The first kappa shape index (κ1) is 42.0. The number of carbonyl (C=O) groups excluding carboxylic acids is 2. The molecule has 1 radical (unpaired) electrons. The van der Waals surface area contributed by atoms with Gasteiger partial charge in [-0.15, -0.1) is 0 Å².